The maximum absolute atomic E-state index is 14.4. The summed E-state index contributed by atoms with van der Waals surface area (Å²) < 4.78 is 14.6. The Morgan fingerprint density at radius 3 is 2.85 bits per heavy atom. The Balaban J connectivity index is 2.16. The summed E-state index contributed by atoms with van der Waals surface area (Å²) in [7, 11) is 4.01. The van der Waals surface area contributed by atoms with Gasteiger partial charge in [-0.3, -0.25) is 5.41 Å². The highest BCUT2D eigenvalue weighted by Crippen LogP contribution is 2.30. The van der Waals surface area contributed by atoms with Crippen LogP contribution in [0.15, 0.2) is 16.6 Å². The van der Waals surface area contributed by atoms with Crippen molar-refractivity contribution < 1.29 is 4.39 Å². The van der Waals surface area contributed by atoms with Crippen molar-refractivity contribution in [3.8, 4) is 0 Å². The number of nitrogens with zero attached hydrogens (tertiary/aromatic N) is 2. The quantitative estimate of drug-likeness (QED) is 0.651. The molecule has 1 aliphatic rings. The third-order valence-corrected chi connectivity index (χ3v) is 4.56. The van der Waals surface area contributed by atoms with Crippen molar-refractivity contribution in [1.29, 1.82) is 5.41 Å². The molecule has 0 spiro atoms. The summed E-state index contributed by atoms with van der Waals surface area (Å²) >= 11 is 3.19. The van der Waals surface area contributed by atoms with Crippen molar-refractivity contribution in [2.24, 2.45) is 11.7 Å². The van der Waals surface area contributed by atoms with Crippen molar-refractivity contribution in [3.05, 3.63) is 28.0 Å². The number of nitrogens with two attached hydrogens (primary N) is 1. The van der Waals surface area contributed by atoms with E-state index in [2.05, 4.69) is 27.9 Å². The Kier molecular flexibility index (Phi) is 4.65. The maximum atomic E-state index is 14.4. The van der Waals surface area contributed by atoms with Gasteiger partial charge in [-0.15, -0.1) is 0 Å². The normalized spacial score (nSPS) is 19.3. The van der Waals surface area contributed by atoms with E-state index in [1.165, 1.54) is 0 Å². The molecule has 1 saturated heterocycles. The molecular weight excluding hydrogens is 323 g/mol. The molecule has 4 nitrogen and oxygen atoms in total. The highest BCUT2D eigenvalue weighted by atomic mass is 79.9. The summed E-state index contributed by atoms with van der Waals surface area (Å²) in [4.78, 5) is 4.23. The molecule has 6 heteroatoms. The smallest absolute Gasteiger partial charge is 0.161 e. The monoisotopic (exact) mass is 342 g/mol. The van der Waals surface area contributed by atoms with Crippen LogP contribution in [0.5, 0.6) is 0 Å². The second-order valence-electron chi connectivity index (χ2n) is 5.47. The lowest BCUT2D eigenvalue weighted by atomic mass is 10.1. The summed E-state index contributed by atoms with van der Waals surface area (Å²) in [6.45, 7) is 2.99. The van der Waals surface area contributed by atoms with Gasteiger partial charge in [-0.1, -0.05) is 0 Å². The lowest BCUT2D eigenvalue weighted by Crippen LogP contribution is -2.28. The fraction of sp³-hybridized carbons (Fsp3) is 0.500. The zero-order valence-corrected chi connectivity index (χ0v) is 13.4. The maximum Gasteiger partial charge on any atom is 0.161 e. The lowest BCUT2D eigenvalue weighted by Gasteiger charge is -2.24. The summed E-state index contributed by atoms with van der Waals surface area (Å²) in [6.07, 6.45) is 1.15. The minimum atomic E-state index is -0.355. The molecule has 3 N–H and O–H groups in total. The number of hydrogen-bond acceptors (Lipinski definition) is 3. The number of halogens is 2. The highest BCUT2D eigenvalue weighted by molar-refractivity contribution is 9.10. The molecule has 1 aliphatic heterocycles. The SMILES string of the molecule is CN1CCC(CN(C)c2ccc(C(=N)N)c(Br)c2F)C1. The van der Waals surface area contributed by atoms with Crippen LogP contribution in [0.1, 0.15) is 12.0 Å². The van der Waals surface area contributed by atoms with Gasteiger partial charge < -0.3 is 15.5 Å². The Hall–Kier alpha value is -1.14. The predicted molar refractivity (Wildman–Crippen MR) is 84.0 cm³/mol. The first-order valence-electron chi connectivity index (χ1n) is 6.62. The number of nitrogens with one attached hydrogen (secondary N) is 1. The van der Waals surface area contributed by atoms with Gasteiger partial charge in [0.15, 0.2) is 5.82 Å². The molecule has 0 saturated carbocycles. The Labute approximate surface area is 127 Å². The van der Waals surface area contributed by atoms with Gasteiger partial charge in [-0.05, 0) is 54.0 Å². The van der Waals surface area contributed by atoms with Crippen LogP contribution in [0.25, 0.3) is 0 Å². The molecule has 1 unspecified atom stereocenters. The van der Waals surface area contributed by atoms with E-state index in [0.29, 0.717) is 17.2 Å². The van der Waals surface area contributed by atoms with E-state index in [0.717, 1.165) is 26.1 Å². The molecule has 0 aliphatic carbocycles. The van der Waals surface area contributed by atoms with Crippen molar-refractivity contribution in [1.82, 2.24) is 4.90 Å². The van der Waals surface area contributed by atoms with Crippen molar-refractivity contribution in [2.45, 2.75) is 6.42 Å². The van der Waals surface area contributed by atoms with E-state index >= 15 is 0 Å². The highest BCUT2D eigenvalue weighted by Gasteiger charge is 2.23. The second kappa shape index (κ2) is 6.10. The molecule has 20 heavy (non-hydrogen) atoms. The third kappa shape index (κ3) is 3.12. The zero-order valence-electron chi connectivity index (χ0n) is 11.8. The Bertz CT molecular complexity index is 520. The number of amidine groups is 1. The molecule has 1 aromatic carbocycles. The first-order valence-corrected chi connectivity index (χ1v) is 7.41. The van der Waals surface area contributed by atoms with Gasteiger partial charge in [0.1, 0.15) is 5.84 Å². The average Bonchev–Trinajstić information content (AvgIpc) is 2.77. The van der Waals surface area contributed by atoms with Crippen molar-refractivity contribution >= 4 is 27.5 Å². The molecule has 1 atom stereocenters. The summed E-state index contributed by atoms with van der Waals surface area (Å²) in [5.41, 5.74) is 6.35. The lowest BCUT2D eigenvalue weighted by molar-refractivity contribution is 0.395. The van der Waals surface area contributed by atoms with Crippen LogP contribution < -0.4 is 10.6 Å². The first kappa shape index (κ1) is 15.3. The minimum absolute atomic E-state index is 0.137. The Morgan fingerprint density at radius 1 is 1.60 bits per heavy atom. The van der Waals surface area contributed by atoms with Crippen LogP contribution in [-0.2, 0) is 0 Å². The molecule has 2 rings (SSSR count). The molecule has 0 amide bonds. The van der Waals surface area contributed by atoms with Crippen LogP contribution in [0.2, 0.25) is 0 Å². The Morgan fingerprint density at radius 2 is 2.30 bits per heavy atom. The summed E-state index contributed by atoms with van der Waals surface area (Å²) in [5.74, 6) is 0.0737. The number of benzene rings is 1. The molecular formula is C14H20BrFN4. The van der Waals surface area contributed by atoms with Gasteiger partial charge in [-0.2, -0.15) is 0 Å². The van der Waals surface area contributed by atoms with Gasteiger partial charge in [-0.25, -0.2) is 4.39 Å². The topological polar surface area (TPSA) is 56.4 Å². The third-order valence-electron chi connectivity index (χ3n) is 3.78. The first-order chi connectivity index (χ1) is 9.40. The van der Waals surface area contributed by atoms with E-state index in [-0.39, 0.29) is 16.1 Å². The van der Waals surface area contributed by atoms with Crippen molar-refractivity contribution in [3.63, 3.8) is 0 Å². The number of rotatable bonds is 4. The molecule has 1 heterocycles. The number of hydrogen-bond donors (Lipinski definition) is 2. The molecule has 1 fully saturated rings. The largest absolute Gasteiger partial charge is 0.384 e. The van der Waals surface area contributed by atoms with E-state index in [1.54, 1.807) is 12.1 Å². The summed E-state index contributed by atoms with van der Waals surface area (Å²) in [5, 5.41) is 7.42. The van der Waals surface area contributed by atoms with Gasteiger partial charge >= 0.3 is 0 Å². The van der Waals surface area contributed by atoms with Crippen LogP contribution >= 0.6 is 15.9 Å². The van der Waals surface area contributed by atoms with E-state index < -0.39 is 0 Å². The fourth-order valence-electron chi connectivity index (χ4n) is 2.70. The average molecular weight is 343 g/mol. The molecule has 0 radical (unpaired) electrons. The molecule has 0 aromatic heterocycles. The zero-order chi connectivity index (χ0) is 14.9. The van der Waals surface area contributed by atoms with Gasteiger partial charge in [0.2, 0.25) is 0 Å². The standard InChI is InChI=1S/C14H20BrFN4/c1-19-6-5-9(7-19)8-20(2)11-4-3-10(14(17)18)12(15)13(11)16/h3-4,9H,5-8H2,1-2H3,(H3,17,18). The number of likely N-dealkylation sites (tertiary alicyclic amines) is 1. The fourth-order valence-corrected chi connectivity index (χ4v) is 3.25. The summed E-state index contributed by atoms with van der Waals surface area (Å²) in [6, 6.07) is 3.37. The molecule has 110 valence electrons. The van der Waals surface area contributed by atoms with E-state index in [4.69, 9.17) is 11.1 Å². The van der Waals surface area contributed by atoms with Crippen LogP contribution in [0.4, 0.5) is 10.1 Å². The number of nitrogen functional groups attached to an aromatic ring is 1. The van der Waals surface area contributed by atoms with E-state index in [1.807, 2.05) is 11.9 Å². The number of anilines is 1. The van der Waals surface area contributed by atoms with Gasteiger partial charge in [0, 0.05) is 25.7 Å². The van der Waals surface area contributed by atoms with E-state index in [9.17, 15) is 4.39 Å². The van der Waals surface area contributed by atoms with Crippen LogP contribution in [0, 0.1) is 17.1 Å². The van der Waals surface area contributed by atoms with Crippen LogP contribution in [-0.4, -0.2) is 44.5 Å². The molecule has 1 aromatic rings. The molecule has 0 bridgehead atoms. The van der Waals surface area contributed by atoms with Gasteiger partial charge in [0.05, 0.1) is 10.2 Å². The second-order valence-corrected chi connectivity index (χ2v) is 6.26. The minimum Gasteiger partial charge on any atom is -0.384 e. The van der Waals surface area contributed by atoms with Crippen molar-refractivity contribution in [2.75, 3.05) is 38.6 Å². The van der Waals surface area contributed by atoms with Gasteiger partial charge in [0.25, 0.3) is 0 Å². The van der Waals surface area contributed by atoms with Crippen LogP contribution in [0.3, 0.4) is 0 Å². The predicted octanol–water partition coefficient (Wildman–Crippen LogP) is 2.26.